The lowest BCUT2D eigenvalue weighted by Gasteiger charge is -2.14. The second-order valence-corrected chi connectivity index (χ2v) is 8.59. The first-order valence-corrected chi connectivity index (χ1v) is 10.1. The van der Waals surface area contributed by atoms with E-state index in [4.69, 9.17) is 12.2 Å². The molecule has 0 saturated carbocycles. The Balaban J connectivity index is 1.85. The molecule has 8 nitrogen and oxygen atoms in total. The van der Waals surface area contributed by atoms with E-state index in [2.05, 4.69) is 0 Å². The highest BCUT2D eigenvalue weighted by Crippen LogP contribution is 2.38. The van der Waals surface area contributed by atoms with Gasteiger partial charge in [0.2, 0.25) is 0 Å². The van der Waals surface area contributed by atoms with Crippen LogP contribution in [0.15, 0.2) is 46.1 Å². The molecule has 152 valence electrons. The first-order chi connectivity index (χ1) is 14.2. The molecule has 1 amide bonds. The van der Waals surface area contributed by atoms with Gasteiger partial charge in [-0.3, -0.25) is 28.9 Å². The quantitative estimate of drug-likeness (QED) is 0.268. The molecule has 2 heterocycles. The van der Waals surface area contributed by atoms with E-state index in [-0.39, 0.29) is 27.8 Å². The summed E-state index contributed by atoms with van der Waals surface area (Å²) in [5.74, 6) is -0.341. The smallest absolute Gasteiger partial charge is 0.295 e. The van der Waals surface area contributed by atoms with Crippen LogP contribution in [0.1, 0.15) is 11.1 Å². The van der Waals surface area contributed by atoms with Gasteiger partial charge in [0.05, 0.1) is 32.1 Å². The molecule has 0 spiro atoms. The van der Waals surface area contributed by atoms with Crippen molar-refractivity contribution in [3.05, 3.63) is 73.0 Å². The number of nitrogens with zero attached hydrogens (tertiary/aromatic N) is 4. The molecule has 1 saturated heterocycles. The summed E-state index contributed by atoms with van der Waals surface area (Å²) in [6, 6.07) is 10.3. The van der Waals surface area contributed by atoms with Crippen molar-refractivity contribution in [1.29, 1.82) is 0 Å². The highest BCUT2D eigenvalue weighted by atomic mass is 32.2. The molecule has 30 heavy (non-hydrogen) atoms. The van der Waals surface area contributed by atoms with Crippen molar-refractivity contribution in [2.45, 2.75) is 6.92 Å². The van der Waals surface area contributed by atoms with Gasteiger partial charge in [0, 0.05) is 20.2 Å². The van der Waals surface area contributed by atoms with E-state index in [0.717, 1.165) is 17.3 Å². The third kappa shape index (κ3) is 3.14. The van der Waals surface area contributed by atoms with Crippen molar-refractivity contribution < 1.29 is 9.72 Å². The van der Waals surface area contributed by atoms with Crippen molar-refractivity contribution in [2.24, 2.45) is 14.1 Å². The zero-order valence-electron chi connectivity index (χ0n) is 16.3. The van der Waals surface area contributed by atoms with Crippen LogP contribution in [0.4, 0.5) is 11.4 Å². The van der Waals surface area contributed by atoms with E-state index >= 15 is 0 Å². The van der Waals surface area contributed by atoms with Gasteiger partial charge < -0.3 is 0 Å². The fourth-order valence-electron chi connectivity index (χ4n) is 3.42. The molecule has 0 unspecified atom stereocenters. The number of fused-ring (bicyclic) bond motifs is 1. The number of carbonyl (C=O) groups excluding carboxylic acids is 1. The summed E-state index contributed by atoms with van der Waals surface area (Å²) >= 11 is 6.47. The van der Waals surface area contributed by atoms with Crippen molar-refractivity contribution in [3.8, 4) is 0 Å². The monoisotopic (exact) mass is 440 g/mol. The third-order valence-electron chi connectivity index (χ3n) is 4.96. The van der Waals surface area contributed by atoms with Crippen LogP contribution in [0.25, 0.3) is 17.1 Å². The summed E-state index contributed by atoms with van der Waals surface area (Å²) in [6.45, 7) is 1.92. The largest absolute Gasteiger partial charge is 0.328 e. The van der Waals surface area contributed by atoms with Crippen LogP contribution in [-0.2, 0) is 18.9 Å². The number of aryl methyl sites for hydroxylation is 3. The second-order valence-electron chi connectivity index (χ2n) is 6.91. The number of carbonyl (C=O) groups is 1. The minimum absolute atomic E-state index is 0.190. The summed E-state index contributed by atoms with van der Waals surface area (Å²) in [4.78, 5) is 38.1. The predicted molar refractivity (Wildman–Crippen MR) is 122 cm³/mol. The van der Waals surface area contributed by atoms with Gasteiger partial charge in [-0.25, -0.2) is 4.79 Å². The summed E-state index contributed by atoms with van der Waals surface area (Å²) in [6.07, 6.45) is 1.46. The predicted octanol–water partition coefficient (Wildman–Crippen LogP) is 3.50. The van der Waals surface area contributed by atoms with Crippen LogP contribution in [0.2, 0.25) is 0 Å². The molecule has 0 radical (unpaired) electrons. The van der Waals surface area contributed by atoms with Gasteiger partial charge >= 0.3 is 5.69 Å². The number of nitro benzene ring substituents is 1. The van der Waals surface area contributed by atoms with Crippen LogP contribution >= 0.6 is 24.0 Å². The van der Waals surface area contributed by atoms with Crippen LogP contribution in [0.3, 0.4) is 0 Å². The highest BCUT2D eigenvalue weighted by molar-refractivity contribution is 8.27. The number of hydrogen-bond donors (Lipinski definition) is 0. The fraction of sp³-hybridized carbons (Fsp3) is 0.150. The fourth-order valence-corrected chi connectivity index (χ4v) is 4.71. The van der Waals surface area contributed by atoms with E-state index in [0.29, 0.717) is 21.0 Å². The molecule has 0 N–H and O–H groups in total. The molecule has 0 bridgehead atoms. The molecule has 3 aromatic rings. The Kier molecular flexibility index (Phi) is 4.83. The summed E-state index contributed by atoms with van der Waals surface area (Å²) in [5, 5.41) is 11.7. The van der Waals surface area contributed by atoms with E-state index < -0.39 is 4.92 Å². The molecule has 1 aliphatic heterocycles. The number of amides is 1. The highest BCUT2D eigenvalue weighted by Gasteiger charge is 2.34. The minimum atomic E-state index is -0.524. The lowest BCUT2D eigenvalue weighted by Crippen LogP contribution is -2.27. The van der Waals surface area contributed by atoms with Gasteiger partial charge in [0.25, 0.3) is 11.6 Å². The molecule has 0 aliphatic carbocycles. The summed E-state index contributed by atoms with van der Waals surface area (Å²) in [5.41, 5.74) is 2.37. The molecule has 2 aromatic carbocycles. The number of anilines is 1. The van der Waals surface area contributed by atoms with Gasteiger partial charge in [-0.1, -0.05) is 36.1 Å². The SMILES string of the molecule is Cc1cccc(N2C(=O)/C(=C\c3cc4c(cc3[N+](=O)[O-])n(C)c(=O)n4C)SC2=S)c1. The average Bonchev–Trinajstić information content (AvgIpc) is 3.09. The molecule has 0 atom stereocenters. The first kappa shape index (κ1) is 20.0. The number of rotatable bonds is 3. The van der Waals surface area contributed by atoms with Gasteiger partial charge in [-0.05, 0) is 36.8 Å². The van der Waals surface area contributed by atoms with Crippen LogP contribution in [0, 0.1) is 17.0 Å². The topological polar surface area (TPSA) is 90.4 Å². The standard InChI is InChI=1S/C20H16N4O4S2/c1-11-5-4-6-13(7-11)23-18(25)17(30-20(23)29)9-12-8-15-16(10-14(12)24(27)28)22(3)19(26)21(15)2/h4-10H,1-3H3/b17-9+. The van der Waals surface area contributed by atoms with E-state index in [1.54, 1.807) is 26.2 Å². The number of nitro groups is 1. The van der Waals surface area contributed by atoms with Gasteiger partial charge in [-0.2, -0.15) is 0 Å². The van der Waals surface area contributed by atoms with Crippen molar-refractivity contribution >= 4 is 62.7 Å². The number of hydrogen-bond acceptors (Lipinski definition) is 6. The number of imidazole rings is 1. The maximum absolute atomic E-state index is 13.0. The Bertz CT molecular complexity index is 1350. The molecular weight excluding hydrogens is 424 g/mol. The van der Waals surface area contributed by atoms with Gasteiger partial charge in [-0.15, -0.1) is 0 Å². The minimum Gasteiger partial charge on any atom is -0.295 e. The van der Waals surface area contributed by atoms with Gasteiger partial charge in [0.1, 0.15) is 0 Å². The Morgan fingerprint density at radius 3 is 2.40 bits per heavy atom. The molecule has 1 fully saturated rings. The molecular formula is C20H16N4O4S2. The molecule has 10 heteroatoms. The number of thioether (sulfide) groups is 1. The zero-order chi connectivity index (χ0) is 21.7. The van der Waals surface area contributed by atoms with Gasteiger partial charge in [0.15, 0.2) is 4.32 Å². The van der Waals surface area contributed by atoms with E-state index in [9.17, 15) is 19.7 Å². The summed E-state index contributed by atoms with van der Waals surface area (Å²) in [7, 11) is 3.15. The Hall–Kier alpha value is -3.24. The number of thiocarbonyl (C=S) groups is 1. The normalized spacial score (nSPS) is 15.6. The lowest BCUT2D eigenvalue weighted by molar-refractivity contribution is -0.385. The van der Waals surface area contributed by atoms with E-state index in [1.807, 2.05) is 25.1 Å². The molecule has 1 aromatic heterocycles. The Morgan fingerprint density at radius 2 is 1.77 bits per heavy atom. The van der Waals surface area contributed by atoms with Crippen LogP contribution < -0.4 is 10.6 Å². The zero-order valence-corrected chi connectivity index (χ0v) is 17.9. The average molecular weight is 441 g/mol. The maximum Gasteiger partial charge on any atom is 0.328 e. The third-order valence-corrected chi connectivity index (χ3v) is 6.26. The molecule has 4 rings (SSSR count). The van der Waals surface area contributed by atoms with Crippen LogP contribution in [0.5, 0.6) is 0 Å². The van der Waals surface area contributed by atoms with Crippen molar-refractivity contribution in [3.63, 3.8) is 0 Å². The molecule has 1 aliphatic rings. The lowest BCUT2D eigenvalue weighted by atomic mass is 10.1. The maximum atomic E-state index is 13.0. The summed E-state index contributed by atoms with van der Waals surface area (Å²) < 4.78 is 3.12. The number of aromatic nitrogens is 2. The van der Waals surface area contributed by atoms with Crippen molar-refractivity contribution in [1.82, 2.24) is 9.13 Å². The first-order valence-electron chi connectivity index (χ1n) is 8.87. The van der Waals surface area contributed by atoms with E-state index in [1.165, 1.54) is 26.2 Å². The van der Waals surface area contributed by atoms with Crippen molar-refractivity contribution in [2.75, 3.05) is 4.90 Å². The van der Waals surface area contributed by atoms with Crippen LogP contribution in [-0.4, -0.2) is 24.3 Å². The Labute approximate surface area is 180 Å². The Morgan fingerprint density at radius 1 is 1.10 bits per heavy atom. The second kappa shape index (κ2) is 7.22. The number of benzene rings is 2.